The van der Waals surface area contributed by atoms with Gasteiger partial charge >= 0.3 is 18.2 Å². The lowest BCUT2D eigenvalue weighted by Gasteiger charge is -2.31. The minimum Gasteiger partial charge on any atom is -0.493 e. The summed E-state index contributed by atoms with van der Waals surface area (Å²) in [5, 5.41) is 23.3. The summed E-state index contributed by atoms with van der Waals surface area (Å²) < 4.78 is 56.4. The third-order valence-electron chi connectivity index (χ3n) is 12.4. The van der Waals surface area contributed by atoms with Gasteiger partial charge in [-0.05, 0) is 66.8 Å². The summed E-state index contributed by atoms with van der Waals surface area (Å²) in [6.07, 6.45) is -1.41. The van der Waals surface area contributed by atoms with E-state index in [1.807, 2.05) is 6.07 Å². The minimum atomic E-state index is -1.49. The van der Waals surface area contributed by atoms with Crippen molar-refractivity contribution < 1.29 is 81.6 Å². The van der Waals surface area contributed by atoms with Crippen LogP contribution in [0.5, 0.6) is 23.0 Å². The highest BCUT2D eigenvalue weighted by Gasteiger charge is 2.48. The number of hydrogen-bond acceptors (Lipinski definition) is 17. The number of aliphatic hydroxyl groups is 2. The van der Waals surface area contributed by atoms with Crippen LogP contribution in [-0.2, 0) is 46.4 Å². The summed E-state index contributed by atoms with van der Waals surface area (Å²) >= 11 is 0. The van der Waals surface area contributed by atoms with Crippen molar-refractivity contribution in [2.45, 2.75) is 57.5 Å². The molecule has 0 aliphatic carbocycles. The average Bonchev–Trinajstić information content (AvgIpc) is 3.96. The lowest BCUT2D eigenvalue weighted by molar-refractivity contribution is -0.146. The maximum atomic E-state index is 14.1. The fourth-order valence-electron chi connectivity index (χ4n) is 8.95. The number of amides is 4. The first-order valence-corrected chi connectivity index (χ1v) is 23.8. The molecule has 2 N–H and O–H groups in total. The van der Waals surface area contributed by atoms with Gasteiger partial charge in [0.15, 0.2) is 24.0 Å². The molecule has 3 aromatic carbocycles. The number of fused-ring (bicyclic) bond motifs is 4. The molecule has 7 rings (SSSR count). The van der Waals surface area contributed by atoms with Crippen LogP contribution >= 0.6 is 0 Å². The molecule has 396 valence electrons. The highest BCUT2D eigenvalue weighted by atomic mass is 16.6. The molecular formula is C53H62N4O17. The lowest BCUT2D eigenvalue weighted by Crippen LogP contribution is -2.50. The van der Waals surface area contributed by atoms with Gasteiger partial charge < -0.3 is 67.4 Å². The monoisotopic (exact) mass is 1030 g/mol. The van der Waals surface area contributed by atoms with Gasteiger partial charge in [-0.2, -0.15) is 0 Å². The van der Waals surface area contributed by atoms with Crippen molar-refractivity contribution in [2.24, 2.45) is 0 Å². The third-order valence-corrected chi connectivity index (χ3v) is 12.4. The Labute approximate surface area is 428 Å². The van der Waals surface area contributed by atoms with Gasteiger partial charge in [-0.3, -0.25) is 9.59 Å². The first-order chi connectivity index (χ1) is 35.7. The van der Waals surface area contributed by atoms with E-state index in [1.54, 1.807) is 25.1 Å². The molecule has 0 spiro atoms. The summed E-state index contributed by atoms with van der Waals surface area (Å²) in [4.78, 5) is 71.5. The van der Waals surface area contributed by atoms with Crippen molar-refractivity contribution in [3.8, 4) is 23.0 Å². The van der Waals surface area contributed by atoms with Crippen molar-refractivity contribution in [3.63, 3.8) is 0 Å². The SMILES string of the molecule is C=CCOC(=O)N1c2cc(OCc3cc(COc4cc5c(cc4OC)C(=O)N4CC(=C)C[C@H]4C(O)N5C(=O)OCC=C)cc(OCCOCCOCCOCC(=O)OC)c3)c(C)cc2C(=O)N2CC(=C)C[C@H]2C1O. The van der Waals surface area contributed by atoms with Gasteiger partial charge in [-0.1, -0.05) is 49.6 Å². The molecule has 4 aliphatic heterocycles. The quantitative estimate of drug-likeness (QED) is 0.0536. The number of rotatable bonds is 23. The minimum absolute atomic E-state index is 0.0413. The van der Waals surface area contributed by atoms with Crippen LogP contribution in [0.1, 0.15) is 50.2 Å². The van der Waals surface area contributed by atoms with Crippen molar-refractivity contribution in [1.82, 2.24) is 9.80 Å². The number of hydrogen-bond donors (Lipinski definition) is 2. The molecule has 4 aliphatic rings. The number of methoxy groups -OCH3 is 2. The smallest absolute Gasteiger partial charge is 0.416 e. The second-order valence-corrected chi connectivity index (χ2v) is 17.6. The Hall–Kier alpha value is -7.43. The number of benzene rings is 3. The molecule has 4 atom stereocenters. The molecule has 2 unspecified atom stereocenters. The lowest BCUT2D eigenvalue weighted by atomic mass is 10.1. The Balaban J connectivity index is 1.14. The number of aliphatic hydroxyl groups excluding tert-OH is 2. The summed E-state index contributed by atoms with van der Waals surface area (Å²) in [6.45, 7) is 18.1. The Morgan fingerprint density at radius 1 is 0.635 bits per heavy atom. The van der Waals surface area contributed by atoms with Crippen LogP contribution in [0.4, 0.5) is 21.0 Å². The number of aryl methyl sites for hydroxylation is 1. The van der Waals surface area contributed by atoms with Gasteiger partial charge in [0.25, 0.3) is 11.8 Å². The van der Waals surface area contributed by atoms with E-state index in [2.05, 4.69) is 31.1 Å². The fraction of sp³-hybridized carbons (Fsp3) is 0.415. The van der Waals surface area contributed by atoms with Gasteiger partial charge in [-0.25, -0.2) is 24.2 Å². The molecule has 2 fully saturated rings. The summed E-state index contributed by atoms with van der Waals surface area (Å²) in [5.74, 6) is -0.289. The maximum absolute atomic E-state index is 14.1. The Kier molecular flexibility index (Phi) is 18.4. The van der Waals surface area contributed by atoms with Crippen molar-refractivity contribution >= 4 is 41.3 Å². The molecule has 0 bridgehead atoms. The summed E-state index contributed by atoms with van der Waals surface area (Å²) in [7, 11) is 2.69. The highest BCUT2D eigenvalue weighted by molar-refractivity contribution is 6.07. The van der Waals surface area contributed by atoms with Crippen molar-refractivity contribution in [3.05, 3.63) is 120 Å². The topological polar surface area (TPSA) is 231 Å². The molecular weight excluding hydrogens is 965 g/mol. The van der Waals surface area contributed by atoms with Crippen molar-refractivity contribution in [2.75, 3.05) is 96.6 Å². The van der Waals surface area contributed by atoms with Crippen LogP contribution in [0, 0.1) is 6.92 Å². The third kappa shape index (κ3) is 12.5. The first kappa shape index (κ1) is 54.3. The van der Waals surface area contributed by atoms with Gasteiger partial charge in [-0.15, -0.1) is 0 Å². The van der Waals surface area contributed by atoms with E-state index in [0.29, 0.717) is 33.8 Å². The largest absolute Gasteiger partial charge is 0.493 e. The molecule has 4 heterocycles. The van der Waals surface area contributed by atoms with E-state index in [1.165, 1.54) is 54.4 Å². The molecule has 0 aromatic heterocycles. The maximum Gasteiger partial charge on any atom is 0.416 e. The zero-order valence-corrected chi connectivity index (χ0v) is 41.7. The number of carbonyl (C=O) groups excluding carboxylic acids is 5. The molecule has 0 radical (unpaired) electrons. The van der Waals surface area contributed by atoms with E-state index in [-0.39, 0.29) is 139 Å². The number of carbonyl (C=O) groups is 5. The Bertz CT molecular complexity index is 2640. The van der Waals surface area contributed by atoms with Crippen LogP contribution in [-0.4, -0.2) is 161 Å². The van der Waals surface area contributed by atoms with E-state index < -0.39 is 48.6 Å². The zero-order chi connectivity index (χ0) is 53.1. The van der Waals surface area contributed by atoms with E-state index in [9.17, 15) is 34.2 Å². The molecule has 0 saturated carbocycles. The Morgan fingerprint density at radius 2 is 1.12 bits per heavy atom. The van der Waals surface area contributed by atoms with E-state index in [4.69, 9.17) is 42.6 Å². The zero-order valence-electron chi connectivity index (χ0n) is 41.7. The van der Waals surface area contributed by atoms with Crippen LogP contribution < -0.4 is 28.7 Å². The van der Waals surface area contributed by atoms with Crippen LogP contribution in [0.2, 0.25) is 0 Å². The molecule has 74 heavy (non-hydrogen) atoms. The van der Waals surface area contributed by atoms with E-state index >= 15 is 0 Å². The Morgan fingerprint density at radius 3 is 1.64 bits per heavy atom. The van der Waals surface area contributed by atoms with Gasteiger partial charge in [0.1, 0.15) is 51.1 Å². The van der Waals surface area contributed by atoms with Gasteiger partial charge in [0.05, 0.1) is 81.8 Å². The average molecular weight is 1030 g/mol. The number of nitrogens with zero attached hydrogens (tertiary/aromatic N) is 4. The van der Waals surface area contributed by atoms with Crippen LogP contribution in [0.15, 0.2) is 92.1 Å². The van der Waals surface area contributed by atoms with Crippen LogP contribution in [0.3, 0.4) is 0 Å². The highest BCUT2D eigenvalue weighted by Crippen LogP contribution is 2.43. The summed E-state index contributed by atoms with van der Waals surface area (Å²) in [6, 6.07) is 9.82. The predicted molar refractivity (Wildman–Crippen MR) is 266 cm³/mol. The van der Waals surface area contributed by atoms with Gasteiger partial charge in [0.2, 0.25) is 0 Å². The molecule has 2 saturated heterocycles. The molecule has 21 heteroatoms. The second-order valence-electron chi connectivity index (χ2n) is 17.6. The van der Waals surface area contributed by atoms with E-state index in [0.717, 1.165) is 15.4 Å². The number of esters is 1. The number of anilines is 2. The fourth-order valence-corrected chi connectivity index (χ4v) is 8.95. The van der Waals surface area contributed by atoms with Gasteiger partial charge in [0, 0.05) is 25.2 Å². The molecule has 4 amide bonds. The standard InChI is InChI=1S/C53H62N4O17/c1-8-10-71-52(63)56-40-25-44(34(5)20-38(40)48(59)54-27-32(3)18-42(54)50(56)61)73-29-35-21-36(23-37(22-35)70-17-16-68-13-12-67-14-15-69-31-47(58)66-7)30-74-46-26-41-39(24-45(46)65-6)49(60)55-28-33(4)19-43(55)51(62)57(41)53(64)72-11-9-2/h8-9,20-26,42-43,50-51,61-62H,1-4,10-19,27-31H2,5-7H3/t42-,43-,50?,51?/m0/s1. The molecule has 21 nitrogen and oxygen atoms in total. The second kappa shape index (κ2) is 25.0. The van der Waals surface area contributed by atoms with Crippen LogP contribution in [0.25, 0.3) is 0 Å². The summed E-state index contributed by atoms with van der Waals surface area (Å²) in [5.41, 5.74) is 3.61. The van der Waals surface area contributed by atoms with Crippen molar-refractivity contribution in [1.29, 1.82) is 0 Å². The first-order valence-electron chi connectivity index (χ1n) is 23.8. The predicted octanol–water partition coefficient (Wildman–Crippen LogP) is 5.23. The number of ether oxygens (including phenoxy) is 10. The molecule has 3 aromatic rings. The normalized spacial score (nSPS) is 18.9.